The van der Waals surface area contributed by atoms with Gasteiger partial charge in [0.2, 0.25) is 5.91 Å². The zero-order valence-corrected chi connectivity index (χ0v) is 17.5. The lowest BCUT2D eigenvalue weighted by atomic mass is 9.87. The molecule has 1 fully saturated rings. The van der Waals surface area contributed by atoms with Gasteiger partial charge in [-0.05, 0) is 30.4 Å². The van der Waals surface area contributed by atoms with Gasteiger partial charge in [-0.2, -0.15) is 5.21 Å². The Morgan fingerprint density at radius 3 is 2.45 bits per heavy atom. The van der Waals surface area contributed by atoms with Crippen molar-refractivity contribution in [3.8, 4) is 0 Å². The first-order chi connectivity index (χ1) is 15.0. The van der Waals surface area contributed by atoms with E-state index in [2.05, 4.69) is 27.5 Å². The second-order valence-electron chi connectivity index (χ2n) is 7.94. The van der Waals surface area contributed by atoms with Crippen LogP contribution in [-0.2, 0) is 16.0 Å². The third kappa shape index (κ3) is 4.47. The van der Waals surface area contributed by atoms with E-state index in [0.717, 1.165) is 11.1 Å². The maximum absolute atomic E-state index is 13.6. The monoisotopic (exact) mass is 419 g/mol. The second kappa shape index (κ2) is 9.07. The molecule has 0 spiro atoms. The van der Waals surface area contributed by atoms with Gasteiger partial charge in [-0.3, -0.25) is 4.79 Å². The summed E-state index contributed by atoms with van der Waals surface area (Å²) < 4.78 is 5.58. The van der Waals surface area contributed by atoms with Gasteiger partial charge in [0.25, 0.3) is 0 Å². The summed E-state index contributed by atoms with van der Waals surface area (Å²) in [6.45, 7) is 3.91. The standard InChI is InChI=1S/C23H25N5O3/c1-15(17-9-5-3-6-10-17)13-19(14-20-24-26-27-25-20)22(29)28-16(2)21(31-23(28)30)18-11-7-4-8-12-18/h3-12,15-16,19,21H,13-14H2,1-2H3,(H,24,25,26,27)/t15?,16-,19+,21-/m1/s1. The van der Waals surface area contributed by atoms with E-state index in [9.17, 15) is 9.59 Å². The first kappa shape index (κ1) is 20.7. The number of nitrogens with zero attached hydrogens (tertiary/aromatic N) is 4. The number of aromatic amines is 1. The molecule has 160 valence electrons. The van der Waals surface area contributed by atoms with Gasteiger partial charge < -0.3 is 4.74 Å². The van der Waals surface area contributed by atoms with Crippen LogP contribution < -0.4 is 0 Å². The van der Waals surface area contributed by atoms with Gasteiger partial charge in [0.1, 0.15) is 6.10 Å². The maximum atomic E-state index is 13.6. The van der Waals surface area contributed by atoms with Gasteiger partial charge in [-0.15, -0.1) is 10.2 Å². The molecule has 2 heterocycles. The fourth-order valence-electron chi connectivity index (χ4n) is 4.15. The number of carbonyl (C=O) groups excluding carboxylic acids is 2. The van der Waals surface area contributed by atoms with Crippen LogP contribution in [0.25, 0.3) is 0 Å². The van der Waals surface area contributed by atoms with E-state index in [1.54, 1.807) is 0 Å². The van der Waals surface area contributed by atoms with Crippen LogP contribution in [0.3, 0.4) is 0 Å². The smallest absolute Gasteiger partial charge is 0.417 e. The van der Waals surface area contributed by atoms with Crippen molar-refractivity contribution in [3.63, 3.8) is 0 Å². The summed E-state index contributed by atoms with van der Waals surface area (Å²) in [4.78, 5) is 27.5. The molecule has 1 aliphatic heterocycles. The minimum Gasteiger partial charge on any atom is -0.439 e. The molecule has 31 heavy (non-hydrogen) atoms. The molecule has 2 amide bonds. The van der Waals surface area contributed by atoms with Crippen LogP contribution in [0.5, 0.6) is 0 Å². The predicted molar refractivity (Wildman–Crippen MR) is 113 cm³/mol. The lowest BCUT2D eigenvalue weighted by Crippen LogP contribution is -2.42. The third-order valence-electron chi connectivity index (χ3n) is 5.81. The number of carbonyl (C=O) groups is 2. The molecule has 2 aromatic carbocycles. The number of benzene rings is 2. The van der Waals surface area contributed by atoms with Crippen molar-refractivity contribution in [2.45, 2.75) is 44.8 Å². The quantitative estimate of drug-likeness (QED) is 0.627. The number of H-pyrrole nitrogens is 1. The van der Waals surface area contributed by atoms with E-state index >= 15 is 0 Å². The van der Waals surface area contributed by atoms with Crippen LogP contribution in [0, 0.1) is 5.92 Å². The van der Waals surface area contributed by atoms with Crippen LogP contribution in [0.2, 0.25) is 0 Å². The molecule has 1 aliphatic rings. The summed E-state index contributed by atoms with van der Waals surface area (Å²) in [6, 6.07) is 19.1. The molecule has 8 heteroatoms. The lowest BCUT2D eigenvalue weighted by molar-refractivity contribution is -0.133. The molecule has 1 N–H and O–H groups in total. The molecule has 0 radical (unpaired) electrons. The zero-order valence-electron chi connectivity index (χ0n) is 17.5. The average molecular weight is 419 g/mol. The molecule has 0 bridgehead atoms. The maximum Gasteiger partial charge on any atom is 0.417 e. The highest BCUT2D eigenvalue weighted by Gasteiger charge is 2.45. The SMILES string of the molecule is CC(C[C@@H](Cc1nn[nH]n1)C(=O)N1C(=O)O[C@@H](c2ccccc2)[C@H]1C)c1ccccc1. The van der Waals surface area contributed by atoms with E-state index in [-0.39, 0.29) is 11.8 Å². The Hall–Kier alpha value is -3.55. The summed E-state index contributed by atoms with van der Waals surface area (Å²) in [5, 5.41) is 14.0. The summed E-state index contributed by atoms with van der Waals surface area (Å²) >= 11 is 0. The van der Waals surface area contributed by atoms with Crippen molar-refractivity contribution in [3.05, 3.63) is 77.6 Å². The van der Waals surface area contributed by atoms with Crippen molar-refractivity contribution in [1.29, 1.82) is 0 Å². The van der Waals surface area contributed by atoms with E-state index in [4.69, 9.17) is 4.74 Å². The molecule has 1 aromatic heterocycles. The first-order valence-corrected chi connectivity index (χ1v) is 10.4. The summed E-state index contributed by atoms with van der Waals surface area (Å²) in [7, 11) is 0. The van der Waals surface area contributed by atoms with Crippen LogP contribution in [0.4, 0.5) is 4.79 Å². The Morgan fingerprint density at radius 2 is 1.81 bits per heavy atom. The zero-order chi connectivity index (χ0) is 21.8. The molecule has 0 aliphatic carbocycles. The molecule has 1 unspecified atom stereocenters. The van der Waals surface area contributed by atoms with Crippen LogP contribution in [0.1, 0.15) is 49.2 Å². The molecule has 3 aromatic rings. The number of nitrogens with one attached hydrogen (secondary N) is 1. The Bertz CT molecular complexity index is 1010. The lowest BCUT2D eigenvalue weighted by Gasteiger charge is -2.25. The van der Waals surface area contributed by atoms with E-state index < -0.39 is 24.2 Å². The number of hydrogen-bond acceptors (Lipinski definition) is 6. The molecule has 4 rings (SSSR count). The van der Waals surface area contributed by atoms with Gasteiger partial charge in [0.05, 0.1) is 6.04 Å². The minimum absolute atomic E-state index is 0.112. The highest BCUT2D eigenvalue weighted by atomic mass is 16.6. The highest BCUT2D eigenvalue weighted by molar-refractivity contribution is 5.95. The molecule has 8 nitrogen and oxygen atoms in total. The number of hydrogen-bond donors (Lipinski definition) is 1. The number of cyclic esters (lactones) is 1. The van der Waals surface area contributed by atoms with Crippen LogP contribution in [-0.4, -0.2) is 43.6 Å². The average Bonchev–Trinajstić information content (AvgIpc) is 3.41. The largest absolute Gasteiger partial charge is 0.439 e. The fraction of sp³-hybridized carbons (Fsp3) is 0.348. The minimum atomic E-state index is -0.614. The van der Waals surface area contributed by atoms with Crippen molar-refractivity contribution in [2.24, 2.45) is 5.92 Å². The summed E-state index contributed by atoms with van der Waals surface area (Å²) in [5.74, 6) is -0.208. The molecule has 0 saturated carbocycles. The van der Waals surface area contributed by atoms with Gasteiger partial charge >= 0.3 is 6.09 Å². The topological polar surface area (TPSA) is 101 Å². The van der Waals surface area contributed by atoms with Gasteiger partial charge in [-0.1, -0.05) is 72.8 Å². The van der Waals surface area contributed by atoms with E-state index in [0.29, 0.717) is 18.7 Å². The Labute approximate surface area is 180 Å². The van der Waals surface area contributed by atoms with Gasteiger partial charge in [0.15, 0.2) is 5.82 Å². The number of tetrazole rings is 1. The van der Waals surface area contributed by atoms with E-state index in [1.165, 1.54) is 4.90 Å². The van der Waals surface area contributed by atoms with Gasteiger partial charge in [-0.25, -0.2) is 9.69 Å². The van der Waals surface area contributed by atoms with Crippen molar-refractivity contribution < 1.29 is 14.3 Å². The van der Waals surface area contributed by atoms with Crippen molar-refractivity contribution in [1.82, 2.24) is 25.5 Å². The number of imide groups is 1. The van der Waals surface area contributed by atoms with Crippen LogP contribution in [0.15, 0.2) is 60.7 Å². The third-order valence-corrected chi connectivity index (χ3v) is 5.81. The normalized spacial score (nSPS) is 20.3. The number of amides is 2. The number of rotatable bonds is 7. The molecule has 4 atom stereocenters. The Kier molecular flexibility index (Phi) is 6.06. The fourth-order valence-corrected chi connectivity index (χ4v) is 4.15. The van der Waals surface area contributed by atoms with E-state index in [1.807, 2.05) is 67.6 Å². The number of ether oxygens (including phenoxy) is 1. The Morgan fingerprint density at radius 1 is 1.13 bits per heavy atom. The van der Waals surface area contributed by atoms with Crippen molar-refractivity contribution in [2.75, 3.05) is 0 Å². The first-order valence-electron chi connectivity index (χ1n) is 10.4. The van der Waals surface area contributed by atoms with Gasteiger partial charge in [0, 0.05) is 12.3 Å². The summed E-state index contributed by atoms with van der Waals surface area (Å²) in [6.07, 6.45) is -0.269. The highest BCUT2D eigenvalue weighted by Crippen LogP contribution is 2.35. The molecular formula is C23H25N5O3. The predicted octanol–water partition coefficient (Wildman–Crippen LogP) is 3.66. The second-order valence-corrected chi connectivity index (χ2v) is 7.94. The van der Waals surface area contributed by atoms with Crippen LogP contribution >= 0.6 is 0 Å². The summed E-state index contributed by atoms with van der Waals surface area (Å²) in [5.41, 5.74) is 2.00. The van der Waals surface area contributed by atoms with Crippen molar-refractivity contribution >= 4 is 12.0 Å². The number of aromatic nitrogens is 4. The Balaban J connectivity index is 1.56. The molecule has 1 saturated heterocycles. The molecular weight excluding hydrogens is 394 g/mol.